The number of aromatic nitrogens is 1. The second-order valence-corrected chi connectivity index (χ2v) is 10.6. The van der Waals surface area contributed by atoms with E-state index in [1.807, 2.05) is 5.38 Å². The number of fused-ring (bicyclic) bond motifs is 1. The van der Waals surface area contributed by atoms with E-state index in [1.165, 1.54) is 63.9 Å². The number of amides is 1. The molecule has 0 saturated carbocycles. The van der Waals surface area contributed by atoms with E-state index >= 15 is 0 Å². The van der Waals surface area contributed by atoms with E-state index in [2.05, 4.69) is 28.5 Å². The van der Waals surface area contributed by atoms with Gasteiger partial charge in [0.15, 0.2) is 5.13 Å². The van der Waals surface area contributed by atoms with Crippen molar-refractivity contribution in [2.45, 2.75) is 44.4 Å². The van der Waals surface area contributed by atoms with E-state index in [-0.39, 0.29) is 10.8 Å². The molecule has 8 heteroatoms. The van der Waals surface area contributed by atoms with Gasteiger partial charge in [-0.2, -0.15) is 4.31 Å². The molecule has 1 heterocycles. The number of rotatable bonds is 7. The zero-order valence-electron chi connectivity index (χ0n) is 18.3. The van der Waals surface area contributed by atoms with Gasteiger partial charge in [0.25, 0.3) is 5.91 Å². The van der Waals surface area contributed by atoms with Crippen molar-refractivity contribution in [1.29, 1.82) is 0 Å². The van der Waals surface area contributed by atoms with Crippen LogP contribution in [0.25, 0.3) is 11.3 Å². The van der Waals surface area contributed by atoms with Crippen LogP contribution in [0.2, 0.25) is 0 Å². The lowest BCUT2D eigenvalue weighted by Gasteiger charge is -2.18. The first-order chi connectivity index (χ1) is 15.4. The number of sulfonamides is 1. The normalized spacial score (nSPS) is 13.7. The van der Waals surface area contributed by atoms with Gasteiger partial charge in [-0.25, -0.2) is 13.4 Å². The van der Waals surface area contributed by atoms with Gasteiger partial charge in [0.05, 0.1) is 10.6 Å². The van der Waals surface area contributed by atoms with Crippen molar-refractivity contribution in [3.05, 3.63) is 64.5 Å². The molecule has 1 amide bonds. The molecular formula is C24H27N3O3S2. The Morgan fingerprint density at radius 1 is 1.03 bits per heavy atom. The van der Waals surface area contributed by atoms with Crippen LogP contribution in [0.4, 0.5) is 5.13 Å². The van der Waals surface area contributed by atoms with Crippen LogP contribution in [-0.2, 0) is 22.9 Å². The topological polar surface area (TPSA) is 79.4 Å². The first-order valence-electron chi connectivity index (χ1n) is 10.9. The molecule has 1 aromatic heterocycles. The van der Waals surface area contributed by atoms with E-state index < -0.39 is 10.0 Å². The van der Waals surface area contributed by atoms with Gasteiger partial charge >= 0.3 is 0 Å². The molecule has 168 valence electrons. The Morgan fingerprint density at radius 3 is 2.41 bits per heavy atom. The van der Waals surface area contributed by atoms with Gasteiger partial charge in [0.1, 0.15) is 0 Å². The molecule has 1 N–H and O–H groups in total. The number of hydrogen-bond donors (Lipinski definition) is 1. The summed E-state index contributed by atoms with van der Waals surface area (Å²) in [4.78, 5) is 17.4. The first-order valence-corrected chi connectivity index (χ1v) is 13.2. The van der Waals surface area contributed by atoms with Gasteiger partial charge in [-0.1, -0.05) is 26.0 Å². The molecule has 0 unspecified atom stereocenters. The third-order valence-corrected chi connectivity index (χ3v) is 8.65. The molecule has 3 aromatic rings. The highest BCUT2D eigenvalue weighted by atomic mass is 32.2. The molecule has 0 atom stereocenters. The van der Waals surface area contributed by atoms with Crippen LogP contribution in [0.3, 0.4) is 0 Å². The van der Waals surface area contributed by atoms with Crippen LogP contribution < -0.4 is 5.32 Å². The van der Waals surface area contributed by atoms with E-state index in [9.17, 15) is 13.2 Å². The van der Waals surface area contributed by atoms with Crippen molar-refractivity contribution in [2.75, 3.05) is 18.4 Å². The van der Waals surface area contributed by atoms with Gasteiger partial charge in [-0.15, -0.1) is 11.3 Å². The second-order valence-electron chi connectivity index (χ2n) is 7.80. The summed E-state index contributed by atoms with van der Waals surface area (Å²) in [5.41, 5.74) is 5.11. The summed E-state index contributed by atoms with van der Waals surface area (Å²) < 4.78 is 26.6. The Morgan fingerprint density at radius 2 is 1.72 bits per heavy atom. The molecule has 0 aliphatic heterocycles. The lowest BCUT2D eigenvalue weighted by atomic mass is 9.90. The zero-order valence-corrected chi connectivity index (χ0v) is 19.9. The van der Waals surface area contributed by atoms with Crippen molar-refractivity contribution >= 4 is 32.4 Å². The van der Waals surface area contributed by atoms with Crippen LogP contribution in [0, 0.1) is 0 Å². The van der Waals surface area contributed by atoms with Crippen LogP contribution in [0.5, 0.6) is 0 Å². The van der Waals surface area contributed by atoms with Gasteiger partial charge in [0, 0.05) is 29.6 Å². The minimum absolute atomic E-state index is 0.182. The van der Waals surface area contributed by atoms with E-state index in [0.29, 0.717) is 23.8 Å². The molecule has 0 bridgehead atoms. The molecule has 1 aliphatic carbocycles. The van der Waals surface area contributed by atoms with Crippen LogP contribution in [-0.4, -0.2) is 36.7 Å². The maximum Gasteiger partial charge on any atom is 0.257 e. The predicted octanol–water partition coefficient (Wildman–Crippen LogP) is 4.97. The second kappa shape index (κ2) is 9.52. The molecule has 0 fully saturated rings. The number of benzene rings is 2. The highest BCUT2D eigenvalue weighted by molar-refractivity contribution is 7.89. The Labute approximate surface area is 193 Å². The predicted molar refractivity (Wildman–Crippen MR) is 129 cm³/mol. The summed E-state index contributed by atoms with van der Waals surface area (Å²) in [6, 6.07) is 12.5. The minimum atomic E-state index is -3.55. The number of carbonyl (C=O) groups is 1. The number of hydrogen-bond acceptors (Lipinski definition) is 5. The maximum atomic E-state index is 12.7. The monoisotopic (exact) mass is 469 g/mol. The average Bonchev–Trinajstić information content (AvgIpc) is 3.28. The average molecular weight is 470 g/mol. The Hall–Kier alpha value is -2.55. The quantitative estimate of drug-likeness (QED) is 0.530. The summed E-state index contributed by atoms with van der Waals surface area (Å²) >= 11 is 1.38. The SMILES string of the molecule is CCN(CC)S(=O)(=O)c1ccc(C(=O)Nc2nc(-c3ccc4c(c3)CCCC4)cs2)cc1. The molecule has 0 radical (unpaired) electrons. The van der Waals surface area contributed by atoms with E-state index in [1.54, 1.807) is 13.8 Å². The molecule has 6 nitrogen and oxygen atoms in total. The Kier molecular flexibility index (Phi) is 6.74. The van der Waals surface area contributed by atoms with Crippen molar-refractivity contribution < 1.29 is 13.2 Å². The number of nitrogens with zero attached hydrogens (tertiary/aromatic N) is 2. The Balaban J connectivity index is 1.46. The summed E-state index contributed by atoms with van der Waals surface area (Å²) in [6.45, 7) is 4.40. The summed E-state index contributed by atoms with van der Waals surface area (Å²) in [5, 5.41) is 5.28. The highest BCUT2D eigenvalue weighted by Crippen LogP contribution is 2.30. The molecule has 0 spiro atoms. The standard InChI is InChI=1S/C24H27N3O3S2/c1-3-27(4-2)32(29,30)21-13-11-18(12-14-21)23(28)26-24-25-22(16-31-24)20-10-9-17-7-5-6-8-19(17)15-20/h9-16H,3-8H2,1-2H3,(H,25,26,28). The number of anilines is 1. The number of thiazole rings is 1. The fourth-order valence-corrected chi connectivity index (χ4v) is 6.19. The molecule has 32 heavy (non-hydrogen) atoms. The fourth-order valence-electron chi connectivity index (χ4n) is 4.02. The molecule has 2 aromatic carbocycles. The molecule has 0 saturated heterocycles. The molecule has 4 rings (SSSR count). The van der Waals surface area contributed by atoms with Gasteiger partial charge in [-0.3, -0.25) is 10.1 Å². The third-order valence-electron chi connectivity index (χ3n) is 5.83. The minimum Gasteiger partial charge on any atom is -0.298 e. The third kappa shape index (κ3) is 4.62. The first kappa shape index (κ1) is 22.6. The van der Waals surface area contributed by atoms with Crippen molar-refractivity contribution in [2.24, 2.45) is 0 Å². The van der Waals surface area contributed by atoms with Gasteiger partial charge < -0.3 is 0 Å². The van der Waals surface area contributed by atoms with Gasteiger partial charge in [0.2, 0.25) is 10.0 Å². The van der Waals surface area contributed by atoms with Crippen LogP contribution in [0.1, 0.15) is 48.2 Å². The van der Waals surface area contributed by atoms with Crippen LogP contribution >= 0.6 is 11.3 Å². The van der Waals surface area contributed by atoms with Gasteiger partial charge in [-0.05, 0) is 67.1 Å². The van der Waals surface area contributed by atoms with Crippen LogP contribution in [0.15, 0.2) is 52.7 Å². The summed E-state index contributed by atoms with van der Waals surface area (Å²) in [5.74, 6) is -0.317. The smallest absolute Gasteiger partial charge is 0.257 e. The number of aryl methyl sites for hydroxylation is 2. The van der Waals surface area contributed by atoms with Crippen molar-refractivity contribution in [3.63, 3.8) is 0 Å². The van der Waals surface area contributed by atoms with Crippen molar-refractivity contribution in [1.82, 2.24) is 9.29 Å². The van der Waals surface area contributed by atoms with E-state index in [0.717, 1.165) is 24.1 Å². The fraction of sp³-hybridized carbons (Fsp3) is 0.333. The number of nitrogens with one attached hydrogen (secondary N) is 1. The maximum absolute atomic E-state index is 12.7. The molecule has 1 aliphatic rings. The largest absolute Gasteiger partial charge is 0.298 e. The lowest BCUT2D eigenvalue weighted by Crippen LogP contribution is -2.30. The highest BCUT2D eigenvalue weighted by Gasteiger charge is 2.22. The molecular weight excluding hydrogens is 442 g/mol. The zero-order chi connectivity index (χ0) is 22.7. The summed E-state index contributed by atoms with van der Waals surface area (Å²) in [6.07, 6.45) is 4.73. The van der Waals surface area contributed by atoms with E-state index in [4.69, 9.17) is 0 Å². The Bertz CT molecular complexity index is 1210. The van der Waals surface area contributed by atoms with Crippen molar-refractivity contribution in [3.8, 4) is 11.3 Å². The lowest BCUT2D eigenvalue weighted by molar-refractivity contribution is 0.102. The number of carbonyl (C=O) groups excluding carboxylic acids is 1. The summed E-state index contributed by atoms with van der Waals surface area (Å²) in [7, 11) is -3.55.